The summed E-state index contributed by atoms with van der Waals surface area (Å²) in [6, 6.07) is -0.148. The number of carboxylic acids is 1. The number of carboxylic acid groups (broad SMARTS) is 1. The van der Waals surface area contributed by atoms with Gasteiger partial charge in [0.15, 0.2) is 0 Å². The normalized spacial score (nSPS) is 16.8. The van der Waals surface area contributed by atoms with Crippen molar-refractivity contribution in [2.24, 2.45) is 0 Å². The number of amides is 2. The van der Waals surface area contributed by atoms with Crippen LogP contribution < -0.4 is 5.32 Å². The summed E-state index contributed by atoms with van der Waals surface area (Å²) in [6.07, 6.45) is 3.55. The van der Waals surface area contributed by atoms with Crippen molar-refractivity contribution in [1.82, 2.24) is 10.2 Å². The number of nitrogens with one attached hydrogen (secondary N) is 1. The SMILES string of the molecule is CC(CCC(=O)O)NC(=O)N(CCO)C1CCC1. The Morgan fingerprint density at radius 1 is 1.44 bits per heavy atom. The van der Waals surface area contributed by atoms with Crippen molar-refractivity contribution < 1.29 is 19.8 Å². The van der Waals surface area contributed by atoms with Crippen LogP contribution in [0.5, 0.6) is 0 Å². The second kappa shape index (κ2) is 7.20. The van der Waals surface area contributed by atoms with Crippen molar-refractivity contribution in [3.63, 3.8) is 0 Å². The molecule has 2 amide bonds. The Balaban J connectivity index is 2.37. The Kier molecular flexibility index (Phi) is 5.91. The number of nitrogens with zero attached hydrogens (tertiary/aromatic N) is 1. The first kappa shape index (κ1) is 14.8. The standard InChI is InChI=1S/C12H22N2O4/c1-9(5-6-11(16)17)13-12(18)14(7-8-15)10-3-2-4-10/h9-10,15H,2-8H2,1H3,(H,13,18)(H,16,17). The first-order chi connectivity index (χ1) is 8.54. The molecule has 6 heteroatoms. The van der Waals surface area contributed by atoms with E-state index >= 15 is 0 Å². The number of hydrogen-bond donors (Lipinski definition) is 3. The molecule has 1 rings (SSSR count). The summed E-state index contributed by atoms with van der Waals surface area (Å²) >= 11 is 0. The number of aliphatic carboxylic acids is 1. The number of hydrogen-bond acceptors (Lipinski definition) is 3. The van der Waals surface area contributed by atoms with E-state index < -0.39 is 5.97 Å². The minimum Gasteiger partial charge on any atom is -0.481 e. The average Bonchev–Trinajstić information content (AvgIpc) is 2.23. The minimum absolute atomic E-state index is 0.0465. The number of aliphatic hydroxyl groups excluding tert-OH is 1. The van der Waals surface area contributed by atoms with Crippen LogP contribution in [0.15, 0.2) is 0 Å². The molecule has 1 saturated carbocycles. The van der Waals surface area contributed by atoms with Crippen LogP contribution in [0.25, 0.3) is 0 Å². The maximum atomic E-state index is 12.0. The quantitative estimate of drug-likeness (QED) is 0.630. The van der Waals surface area contributed by atoms with Crippen molar-refractivity contribution in [3.8, 4) is 0 Å². The Labute approximate surface area is 107 Å². The van der Waals surface area contributed by atoms with Crippen LogP contribution >= 0.6 is 0 Å². The Morgan fingerprint density at radius 3 is 2.56 bits per heavy atom. The molecule has 6 nitrogen and oxygen atoms in total. The van der Waals surface area contributed by atoms with Gasteiger partial charge in [-0.15, -0.1) is 0 Å². The lowest BCUT2D eigenvalue weighted by Crippen LogP contribution is -2.52. The highest BCUT2D eigenvalue weighted by molar-refractivity contribution is 5.75. The summed E-state index contributed by atoms with van der Waals surface area (Å²) in [5, 5.41) is 20.3. The highest BCUT2D eigenvalue weighted by atomic mass is 16.4. The molecule has 18 heavy (non-hydrogen) atoms. The third kappa shape index (κ3) is 4.52. The third-order valence-corrected chi connectivity index (χ3v) is 3.28. The fourth-order valence-electron chi connectivity index (χ4n) is 1.96. The second-order valence-electron chi connectivity index (χ2n) is 4.78. The second-order valence-corrected chi connectivity index (χ2v) is 4.78. The van der Waals surface area contributed by atoms with Gasteiger partial charge >= 0.3 is 12.0 Å². The summed E-state index contributed by atoms with van der Waals surface area (Å²) in [7, 11) is 0. The Morgan fingerprint density at radius 2 is 2.11 bits per heavy atom. The monoisotopic (exact) mass is 258 g/mol. The average molecular weight is 258 g/mol. The van der Waals surface area contributed by atoms with E-state index in [2.05, 4.69) is 5.32 Å². The lowest BCUT2D eigenvalue weighted by Gasteiger charge is -2.37. The van der Waals surface area contributed by atoms with E-state index in [1.54, 1.807) is 11.8 Å². The van der Waals surface area contributed by atoms with Gasteiger partial charge in [0.1, 0.15) is 0 Å². The van der Waals surface area contributed by atoms with Gasteiger partial charge in [0, 0.05) is 25.0 Å². The molecular formula is C12H22N2O4. The predicted octanol–water partition coefficient (Wildman–Crippen LogP) is 0.796. The molecule has 0 aromatic carbocycles. The molecule has 0 aliphatic heterocycles. The lowest BCUT2D eigenvalue weighted by atomic mass is 9.91. The number of rotatable bonds is 7. The van der Waals surface area contributed by atoms with Crippen molar-refractivity contribution >= 4 is 12.0 Å². The summed E-state index contributed by atoms with van der Waals surface area (Å²) in [5.74, 6) is -0.859. The Hall–Kier alpha value is -1.30. The Bertz CT molecular complexity index is 292. The summed E-state index contributed by atoms with van der Waals surface area (Å²) < 4.78 is 0. The predicted molar refractivity (Wildman–Crippen MR) is 66.3 cm³/mol. The van der Waals surface area contributed by atoms with Crippen molar-refractivity contribution in [1.29, 1.82) is 0 Å². The van der Waals surface area contributed by atoms with Crippen LogP contribution in [0.4, 0.5) is 4.79 Å². The molecule has 104 valence electrons. The molecule has 0 heterocycles. The maximum absolute atomic E-state index is 12.0. The molecule has 1 unspecified atom stereocenters. The van der Waals surface area contributed by atoms with Crippen LogP contribution in [-0.2, 0) is 4.79 Å². The number of carbonyl (C=O) groups is 2. The van der Waals surface area contributed by atoms with Gasteiger partial charge in [-0.25, -0.2) is 4.79 Å². The van der Waals surface area contributed by atoms with Gasteiger partial charge in [0.2, 0.25) is 0 Å². The molecular weight excluding hydrogens is 236 g/mol. The molecule has 1 atom stereocenters. The number of urea groups is 1. The van der Waals surface area contributed by atoms with Crippen LogP contribution in [0.3, 0.4) is 0 Å². The van der Waals surface area contributed by atoms with Crippen LogP contribution in [0, 0.1) is 0 Å². The molecule has 0 aromatic rings. The van der Waals surface area contributed by atoms with Crippen LogP contribution in [0.1, 0.15) is 39.0 Å². The van der Waals surface area contributed by atoms with Gasteiger partial charge in [-0.05, 0) is 32.6 Å². The van der Waals surface area contributed by atoms with E-state index in [1.165, 1.54) is 0 Å². The highest BCUT2D eigenvalue weighted by Crippen LogP contribution is 2.24. The van der Waals surface area contributed by atoms with E-state index in [-0.39, 0.29) is 31.1 Å². The summed E-state index contributed by atoms with van der Waals surface area (Å²) in [6.45, 7) is 2.08. The first-order valence-corrected chi connectivity index (χ1v) is 6.44. The zero-order valence-corrected chi connectivity index (χ0v) is 10.8. The topological polar surface area (TPSA) is 89.9 Å². The summed E-state index contributed by atoms with van der Waals surface area (Å²) in [5.41, 5.74) is 0. The number of aliphatic hydroxyl groups is 1. The van der Waals surface area contributed by atoms with E-state index in [0.29, 0.717) is 13.0 Å². The smallest absolute Gasteiger partial charge is 0.317 e. The fourth-order valence-corrected chi connectivity index (χ4v) is 1.96. The highest BCUT2D eigenvalue weighted by Gasteiger charge is 2.28. The largest absolute Gasteiger partial charge is 0.481 e. The van der Waals surface area contributed by atoms with Gasteiger partial charge < -0.3 is 20.4 Å². The van der Waals surface area contributed by atoms with Gasteiger partial charge in [-0.2, -0.15) is 0 Å². The zero-order valence-electron chi connectivity index (χ0n) is 10.8. The van der Waals surface area contributed by atoms with Crippen molar-refractivity contribution in [2.75, 3.05) is 13.2 Å². The van der Waals surface area contributed by atoms with Gasteiger partial charge in [0.25, 0.3) is 0 Å². The zero-order chi connectivity index (χ0) is 13.5. The molecule has 0 bridgehead atoms. The maximum Gasteiger partial charge on any atom is 0.317 e. The van der Waals surface area contributed by atoms with Gasteiger partial charge in [-0.3, -0.25) is 4.79 Å². The molecule has 0 radical (unpaired) electrons. The lowest BCUT2D eigenvalue weighted by molar-refractivity contribution is -0.137. The van der Waals surface area contributed by atoms with Crippen LogP contribution in [0.2, 0.25) is 0 Å². The molecule has 0 aromatic heterocycles. The van der Waals surface area contributed by atoms with E-state index in [1.807, 2.05) is 0 Å². The molecule has 1 fully saturated rings. The molecule has 1 aliphatic rings. The molecule has 1 aliphatic carbocycles. The minimum atomic E-state index is -0.859. The van der Waals surface area contributed by atoms with Gasteiger partial charge in [0.05, 0.1) is 6.61 Å². The fraction of sp³-hybridized carbons (Fsp3) is 0.833. The molecule has 0 spiro atoms. The molecule has 0 saturated heterocycles. The van der Waals surface area contributed by atoms with Crippen LogP contribution in [-0.4, -0.2) is 52.3 Å². The number of carbonyl (C=O) groups excluding carboxylic acids is 1. The van der Waals surface area contributed by atoms with E-state index in [0.717, 1.165) is 19.3 Å². The third-order valence-electron chi connectivity index (χ3n) is 3.28. The van der Waals surface area contributed by atoms with Crippen molar-refractivity contribution in [3.05, 3.63) is 0 Å². The van der Waals surface area contributed by atoms with Crippen molar-refractivity contribution in [2.45, 2.75) is 51.1 Å². The molecule has 3 N–H and O–H groups in total. The summed E-state index contributed by atoms with van der Waals surface area (Å²) in [4.78, 5) is 24.1. The first-order valence-electron chi connectivity index (χ1n) is 6.44. The van der Waals surface area contributed by atoms with Gasteiger partial charge in [-0.1, -0.05) is 0 Å². The van der Waals surface area contributed by atoms with E-state index in [9.17, 15) is 9.59 Å². The van der Waals surface area contributed by atoms with E-state index in [4.69, 9.17) is 10.2 Å².